The van der Waals surface area contributed by atoms with E-state index in [1.807, 2.05) is 48.3 Å². The Kier molecular flexibility index (Phi) is 16.9. The molecule has 4 aliphatic heterocycles. The van der Waals surface area contributed by atoms with E-state index in [1.54, 1.807) is 49.5 Å². The van der Waals surface area contributed by atoms with Gasteiger partial charge in [0, 0.05) is 95.8 Å². The second kappa shape index (κ2) is 23.8. The number of carbonyl (C=O) groups excluding carboxylic acids is 6. The molecule has 1 atom stereocenters. The number of piperazine rings is 1. The highest BCUT2D eigenvalue weighted by Crippen LogP contribution is 2.41. The molecule has 4 aromatic rings. The number of para-hydroxylation sites is 1. The van der Waals surface area contributed by atoms with Crippen molar-refractivity contribution in [2.75, 3.05) is 120 Å². The Morgan fingerprint density at radius 2 is 1.47 bits per heavy atom. The van der Waals surface area contributed by atoms with E-state index < -0.39 is 17.9 Å². The zero-order valence-electron chi connectivity index (χ0n) is 41.0. The number of ether oxygens (including phenoxy) is 5. The molecule has 2 N–H and O–H groups in total. The number of ketones is 2. The number of benzene rings is 3. The van der Waals surface area contributed by atoms with Crippen molar-refractivity contribution in [3.63, 3.8) is 0 Å². The molecule has 20 heteroatoms. The Morgan fingerprint density at radius 3 is 2.19 bits per heavy atom. The standard InChI is InChI=1S/C52H61N9O11/c1-34-38-13-7-15-44(47(38)51(67)61(34)42-18-19-46(64)55-49(42)65)72-33-37(63)11-9-25-70-27-29-71-28-26-69-24-8-10-36(62)32-59-20-22-60(23-21-59)35-16-17-40(45(30-35)68-4)54-52-53-31-43-48(56-52)57(2)41-14-6-5-12-39(41)50(66)58(43)3/h5-7,12-17,30-31,42H,1,8-11,18-29,32-33H2,2-4H3,(H,53,54,56)(H,55,64,65). The third-order valence-corrected chi connectivity index (χ3v) is 13.0. The van der Waals surface area contributed by atoms with E-state index in [4.69, 9.17) is 28.7 Å². The lowest BCUT2D eigenvalue weighted by molar-refractivity contribution is -0.136. The maximum Gasteiger partial charge on any atom is 0.263 e. The maximum atomic E-state index is 13.4. The molecule has 0 radical (unpaired) electrons. The minimum Gasteiger partial charge on any atom is -0.494 e. The van der Waals surface area contributed by atoms with Crippen molar-refractivity contribution in [2.24, 2.45) is 0 Å². The van der Waals surface area contributed by atoms with Crippen LogP contribution in [0.5, 0.6) is 11.5 Å². The number of nitrogens with zero attached hydrogens (tertiary/aromatic N) is 7. The minimum absolute atomic E-state index is 0.121. The lowest BCUT2D eigenvalue weighted by Gasteiger charge is -2.36. The second-order valence-corrected chi connectivity index (χ2v) is 17.8. The molecule has 1 aromatic heterocycles. The van der Waals surface area contributed by atoms with Gasteiger partial charge in [0.2, 0.25) is 17.8 Å². The molecule has 0 spiro atoms. The zero-order chi connectivity index (χ0) is 50.7. The third kappa shape index (κ3) is 11.9. The first-order valence-electron chi connectivity index (χ1n) is 24.2. The van der Waals surface area contributed by atoms with E-state index in [9.17, 15) is 28.8 Å². The molecule has 0 aliphatic carbocycles. The number of carbonyl (C=O) groups is 6. The Hall–Kier alpha value is -7.26. The highest BCUT2D eigenvalue weighted by atomic mass is 16.5. The van der Waals surface area contributed by atoms with E-state index in [1.165, 1.54) is 4.90 Å². The first-order valence-corrected chi connectivity index (χ1v) is 24.2. The van der Waals surface area contributed by atoms with Crippen molar-refractivity contribution < 1.29 is 52.5 Å². The molecular formula is C52H61N9O11. The summed E-state index contributed by atoms with van der Waals surface area (Å²) in [6.07, 6.45) is 3.76. The van der Waals surface area contributed by atoms with Gasteiger partial charge in [-0.15, -0.1) is 0 Å². The lowest BCUT2D eigenvalue weighted by Crippen LogP contribution is -2.52. The summed E-state index contributed by atoms with van der Waals surface area (Å²) in [4.78, 5) is 94.6. The van der Waals surface area contributed by atoms with Gasteiger partial charge >= 0.3 is 0 Å². The zero-order valence-corrected chi connectivity index (χ0v) is 41.0. The van der Waals surface area contributed by atoms with Crippen molar-refractivity contribution in [1.82, 2.24) is 25.1 Å². The molecular weight excluding hydrogens is 927 g/mol. The third-order valence-electron chi connectivity index (χ3n) is 13.0. The number of rotatable bonds is 24. The Balaban J connectivity index is 0.648. The van der Waals surface area contributed by atoms with Crippen LogP contribution in [0.15, 0.2) is 73.4 Å². The summed E-state index contributed by atoms with van der Waals surface area (Å²) in [6, 6.07) is 17.6. The van der Waals surface area contributed by atoms with Crippen LogP contribution in [0.1, 0.15) is 64.8 Å². The van der Waals surface area contributed by atoms with E-state index in [0.29, 0.717) is 111 Å². The average Bonchev–Trinajstić information content (AvgIpc) is 3.61. The van der Waals surface area contributed by atoms with E-state index in [2.05, 4.69) is 32.0 Å². The fourth-order valence-electron chi connectivity index (χ4n) is 9.11. The predicted molar refractivity (Wildman–Crippen MR) is 268 cm³/mol. The molecule has 72 heavy (non-hydrogen) atoms. The predicted octanol–water partition coefficient (Wildman–Crippen LogP) is 4.77. The highest BCUT2D eigenvalue weighted by molar-refractivity contribution is 6.14. The summed E-state index contributed by atoms with van der Waals surface area (Å²) in [5.74, 6) is 0.339. The number of hydrogen-bond acceptors (Lipinski definition) is 17. The number of amides is 4. The van der Waals surface area contributed by atoms with Crippen LogP contribution in [-0.4, -0.2) is 161 Å². The Labute approximate surface area is 418 Å². The van der Waals surface area contributed by atoms with Gasteiger partial charge < -0.3 is 43.7 Å². The molecule has 20 nitrogen and oxygen atoms in total. The van der Waals surface area contributed by atoms with Gasteiger partial charge in [0.1, 0.15) is 35.6 Å². The van der Waals surface area contributed by atoms with Gasteiger partial charge in [-0.05, 0) is 49.6 Å². The number of hydrogen-bond donors (Lipinski definition) is 2. The van der Waals surface area contributed by atoms with Crippen molar-refractivity contribution in [1.29, 1.82) is 0 Å². The monoisotopic (exact) mass is 987 g/mol. The SMILES string of the molecule is C=C1c2cccc(OCC(=O)CCCOCCOCCOCCCC(=O)CN3CCN(c4ccc(Nc5ncc6c(n5)N(C)c5ccccc5C(=O)N6C)c(OC)c4)CC3)c2C(=O)N1C1CCC(=O)NC1=O. The van der Waals surface area contributed by atoms with Gasteiger partial charge in [-0.2, -0.15) is 4.98 Å². The van der Waals surface area contributed by atoms with E-state index in [-0.39, 0.29) is 60.6 Å². The van der Waals surface area contributed by atoms with Crippen LogP contribution in [0.4, 0.5) is 34.5 Å². The first-order chi connectivity index (χ1) is 34.9. The smallest absolute Gasteiger partial charge is 0.263 e. The van der Waals surface area contributed by atoms with Crippen molar-refractivity contribution in [2.45, 2.75) is 44.6 Å². The number of imide groups is 1. The summed E-state index contributed by atoms with van der Waals surface area (Å²) in [6.45, 7) is 9.58. The molecule has 1 unspecified atom stereocenters. The number of piperidine rings is 1. The molecule has 380 valence electrons. The number of Topliss-reactive ketones (excluding diaryl/α,β-unsaturated/α-hetero) is 2. The largest absolute Gasteiger partial charge is 0.494 e. The fourth-order valence-corrected chi connectivity index (χ4v) is 9.11. The molecule has 3 aromatic carbocycles. The van der Waals surface area contributed by atoms with Gasteiger partial charge in [-0.25, -0.2) is 4.98 Å². The van der Waals surface area contributed by atoms with Crippen LogP contribution in [0, 0.1) is 0 Å². The average molecular weight is 988 g/mol. The highest BCUT2D eigenvalue weighted by Gasteiger charge is 2.43. The molecule has 8 rings (SSSR count). The van der Waals surface area contributed by atoms with Crippen LogP contribution < -0.4 is 34.8 Å². The van der Waals surface area contributed by atoms with Crippen molar-refractivity contribution >= 4 is 75.4 Å². The van der Waals surface area contributed by atoms with Gasteiger partial charge in [-0.3, -0.25) is 43.9 Å². The van der Waals surface area contributed by atoms with Crippen LogP contribution in [0.3, 0.4) is 0 Å². The first kappa shape index (κ1) is 51.1. The topological polar surface area (TPSA) is 215 Å². The quantitative estimate of drug-likeness (QED) is 0.0715. The number of methoxy groups -OCH3 is 1. The maximum absolute atomic E-state index is 13.4. The molecule has 4 amide bonds. The van der Waals surface area contributed by atoms with Gasteiger partial charge in [-0.1, -0.05) is 30.8 Å². The number of anilines is 6. The summed E-state index contributed by atoms with van der Waals surface area (Å²) in [5, 5.41) is 5.57. The molecule has 5 heterocycles. The van der Waals surface area contributed by atoms with E-state index in [0.717, 1.165) is 37.6 Å². The molecule has 0 bridgehead atoms. The van der Waals surface area contributed by atoms with E-state index >= 15 is 0 Å². The summed E-state index contributed by atoms with van der Waals surface area (Å²) in [7, 11) is 5.22. The normalized spacial score (nSPS) is 16.8. The second-order valence-electron chi connectivity index (χ2n) is 17.8. The molecule has 4 aliphatic rings. The Bertz CT molecular complexity index is 2690. The lowest BCUT2D eigenvalue weighted by atomic mass is 10.0. The van der Waals surface area contributed by atoms with Crippen LogP contribution in [0.25, 0.3) is 5.70 Å². The summed E-state index contributed by atoms with van der Waals surface area (Å²) in [5.41, 5.74) is 4.76. The van der Waals surface area contributed by atoms with Crippen molar-refractivity contribution in [3.05, 3.63) is 90.1 Å². The van der Waals surface area contributed by atoms with Gasteiger partial charge in [0.05, 0.1) is 68.8 Å². The molecule has 2 saturated heterocycles. The molecule has 2 fully saturated rings. The summed E-state index contributed by atoms with van der Waals surface area (Å²) >= 11 is 0. The Morgan fingerprint density at radius 1 is 0.778 bits per heavy atom. The number of fused-ring (bicyclic) bond motifs is 3. The van der Waals surface area contributed by atoms with Crippen LogP contribution in [0.2, 0.25) is 0 Å². The number of nitrogens with one attached hydrogen (secondary N) is 2. The van der Waals surface area contributed by atoms with Crippen molar-refractivity contribution in [3.8, 4) is 11.5 Å². The number of aromatic nitrogens is 2. The van der Waals surface area contributed by atoms with Crippen LogP contribution in [-0.2, 0) is 33.4 Å². The fraction of sp³-hybridized carbons (Fsp3) is 0.423. The summed E-state index contributed by atoms with van der Waals surface area (Å²) < 4.78 is 28.4. The molecule has 0 saturated carbocycles. The van der Waals surface area contributed by atoms with Gasteiger partial charge in [0.15, 0.2) is 11.6 Å². The minimum atomic E-state index is -0.849. The van der Waals surface area contributed by atoms with Crippen LogP contribution >= 0.6 is 0 Å². The van der Waals surface area contributed by atoms with Gasteiger partial charge in [0.25, 0.3) is 11.8 Å².